The van der Waals surface area contributed by atoms with E-state index in [2.05, 4.69) is 16.8 Å². The Bertz CT molecular complexity index is 511. The number of phenols is 1. The normalized spacial score (nSPS) is 16.6. The number of rotatable bonds is 5. The molecule has 4 nitrogen and oxygen atoms in total. The number of phenolic OH excluding ortho intramolecular Hbond substituents is 1. The summed E-state index contributed by atoms with van der Waals surface area (Å²) < 4.78 is 0. The van der Waals surface area contributed by atoms with E-state index in [0.717, 1.165) is 38.9 Å². The Morgan fingerprint density at radius 2 is 2.19 bits per heavy atom. The molecule has 1 aliphatic heterocycles. The van der Waals surface area contributed by atoms with Gasteiger partial charge in [0.25, 0.3) is 0 Å². The molecule has 2 N–H and O–H groups in total. The van der Waals surface area contributed by atoms with Crippen molar-refractivity contribution < 1.29 is 9.90 Å². The molecule has 0 spiro atoms. The van der Waals surface area contributed by atoms with Crippen LogP contribution in [0.2, 0.25) is 5.02 Å². The van der Waals surface area contributed by atoms with E-state index >= 15 is 0 Å². The number of carbonyl (C=O) groups is 1. The van der Waals surface area contributed by atoms with Crippen LogP contribution < -0.4 is 5.32 Å². The molecular weight excluding hydrogens is 288 g/mol. The van der Waals surface area contributed by atoms with Gasteiger partial charge in [0.2, 0.25) is 5.91 Å². The number of anilines is 1. The number of likely N-dealkylation sites (tertiary alicyclic amines) is 1. The van der Waals surface area contributed by atoms with Gasteiger partial charge >= 0.3 is 0 Å². The lowest BCUT2D eigenvalue weighted by molar-refractivity contribution is -0.121. The smallest absolute Gasteiger partial charge is 0.227 e. The minimum atomic E-state index is -0.0454. The van der Waals surface area contributed by atoms with Crippen molar-refractivity contribution in [3.63, 3.8) is 0 Å². The number of amides is 1. The number of hydrogen-bond donors (Lipinski definition) is 2. The lowest BCUT2D eigenvalue weighted by Crippen LogP contribution is -2.38. The molecule has 0 atom stereocenters. The van der Waals surface area contributed by atoms with Gasteiger partial charge in [-0.25, -0.2) is 0 Å². The first kappa shape index (κ1) is 15.9. The van der Waals surface area contributed by atoms with Gasteiger partial charge in [-0.05, 0) is 50.6 Å². The Morgan fingerprint density at radius 3 is 2.86 bits per heavy atom. The zero-order chi connectivity index (χ0) is 15.2. The predicted octanol–water partition coefficient (Wildman–Crippen LogP) is 3.27. The Morgan fingerprint density at radius 1 is 1.48 bits per heavy atom. The van der Waals surface area contributed by atoms with Crippen molar-refractivity contribution in [1.82, 2.24) is 4.90 Å². The van der Waals surface area contributed by atoms with Crippen LogP contribution in [0.3, 0.4) is 0 Å². The highest BCUT2D eigenvalue weighted by molar-refractivity contribution is 6.31. The van der Waals surface area contributed by atoms with Crippen molar-refractivity contribution in [1.29, 1.82) is 0 Å². The monoisotopic (exact) mass is 308 g/mol. The van der Waals surface area contributed by atoms with Crippen LogP contribution in [-0.2, 0) is 4.79 Å². The van der Waals surface area contributed by atoms with Gasteiger partial charge in [0.15, 0.2) is 0 Å². The summed E-state index contributed by atoms with van der Waals surface area (Å²) >= 11 is 5.88. The summed E-state index contributed by atoms with van der Waals surface area (Å²) in [5, 5.41) is 13.0. The highest BCUT2D eigenvalue weighted by Gasteiger charge is 2.25. The van der Waals surface area contributed by atoms with Crippen molar-refractivity contribution in [2.24, 2.45) is 5.92 Å². The average Bonchev–Trinajstić information content (AvgIpc) is 2.49. The third-order valence-electron chi connectivity index (χ3n) is 3.82. The third kappa shape index (κ3) is 4.48. The molecule has 0 radical (unpaired) electrons. The van der Waals surface area contributed by atoms with Crippen LogP contribution in [0.5, 0.6) is 5.75 Å². The summed E-state index contributed by atoms with van der Waals surface area (Å²) in [6, 6.07) is 4.63. The van der Waals surface area contributed by atoms with E-state index in [1.165, 1.54) is 6.07 Å². The van der Waals surface area contributed by atoms with E-state index in [9.17, 15) is 9.90 Å². The Kier molecular flexibility index (Phi) is 5.65. The van der Waals surface area contributed by atoms with Gasteiger partial charge in [0, 0.05) is 17.5 Å². The molecule has 0 aromatic heterocycles. The quantitative estimate of drug-likeness (QED) is 0.648. The molecule has 1 heterocycles. The number of piperidine rings is 1. The van der Waals surface area contributed by atoms with Gasteiger partial charge in [-0.1, -0.05) is 17.7 Å². The number of nitrogens with one attached hydrogen (secondary N) is 1. The number of nitrogens with zero attached hydrogens (tertiary/aromatic N) is 1. The topological polar surface area (TPSA) is 52.6 Å². The lowest BCUT2D eigenvalue weighted by Gasteiger charge is -2.31. The highest BCUT2D eigenvalue weighted by atomic mass is 35.5. The minimum Gasteiger partial charge on any atom is -0.506 e. The van der Waals surface area contributed by atoms with Gasteiger partial charge in [-0.2, -0.15) is 0 Å². The number of carbonyl (C=O) groups excluding carboxylic acids is 1. The highest BCUT2D eigenvalue weighted by Crippen LogP contribution is 2.28. The van der Waals surface area contributed by atoms with Gasteiger partial charge in [-0.15, -0.1) is 6.58 Å². The average molecular weight is 309 g/mol. The van der Waals surface area contributed by atoms with Crippen molar-refractivity contribution in [3.05, 3.63) is 35.9 Å². The van der Waals surface area contributed by atoms with Crippen LogP contribution in [0.1, 0.15) is 19.3 Å². The first-order valence-corrected chi connectivity index (χ1v) is 7.60. The molecule has 1 aliphatic rings. The van der Waals surface area contributed by atoms with Crippen molar-refractivity contribution in [2.45, 2.75) is 19.3 Å². The second-order valence-electron chi connectivity index (χ2n) is 5.34. The van der Waals surface area contributed by atoms with Gasteiger partial charge in [0.1, 0.15) is 5.75 Å². The summed E-state index contributed by atoms with van der Waals surface area (Å²) in [5.41, 5.74) is 0.376. The number of benzene rings is 1. The van der Waals surface area contributed by atoms with E-state index in [1.54, 1.807) is 12.1 Å². The summed E-state index contributed by atoms with van der Waals surface area (Å²) in [6.45, 7) is 6.58. The van der Waals surface area contributed by atoms with Crippen LogP contribution in [0, 0.1) is 5.92 Å². The molecule has 1 aromatic carbocycles. The molecule has 2 rings (SSSR count). The molecular formula is C16H21ClN2O2. The SMILES string of the molecule is C=CCCN1CCC(C(=O)Nc2cc(Cl)ccc2O)CC1. The van der Waals surface area contributed by atoms with Crippen LogP contribution >= 0.6 is 11.6 Å². The standard InChI is InChI=1S/C16H21ClN2O2/c1-2-3-8-19-9-6-12(7-10-19)16(21)18-14-11-13(17)4-5-15(14)20/h2,4-5,11-12,20H,1,3,6-10H2,(H,18,21). The van der Waals surface area contributed by atoms with Crippen LogP contribution in [0.4, 0.5) is 5.69 Å². The number of hydrogen-bond acceptors (Lipinski definition) is 3. The molecule has 0 bridgehead atoms. The largest absolute Gasteiger partial charge is 0.506 e. The molecule has 114 valence electrons. The maximum atomic E-state index is 12.3. The van der Waals surface area contributed by atoms with E-state index in [1.807, 2.05) is 6.08 Å². The number of halogens is 1. The Hall–Kier alpha value is -1.52. The Labute approximate surface area is 130 Å². The first-order chi connectivity index (χ1) is 10.1. The summed E-state index contributed by atoms with van der Waals surface area (Å²) in [6.07, 6.45) is 4.57. The lowest BCUT2D eigenvalue weighted by atomic mass is 9.95. The van der Waals surface area contributed by atoms with E-state index in [-0.39, 0.29) is 17.6 Å². The molecule has 0 aliphatic carbocycles. The molecule has 1 aromatic rings. The van der Waals surface area contributed by atoms with Crippen molar-refractivity contribution in [3.8, 4) is 5.75 Å². The number of aromatic hydroxyl groups is 1. The van der Waals surface area contributed by atoms with Crippen molar-refractivity contribution >= 4 is 23.2 Å². The molecule has 0 saturated carbocycles. The van der Waals surface area contributed by atoms with Crippen LogP contribution in [0.25, 0.3) is 0 Å². The van der Waals surface area contributed by atoms with Crippen molar-refractivity contribution in [2.75, 3.05) is 25.0 Å². The zero-order valence-electron chi connectivity index (χ0n) is 12.0. The fourth-order valence-electron chi connectivity index (χ4n) is 2.54. The third-order valence-corrected chi connectivity index (χ3v) is 4.06. The minimum absolute atomic E-state index is 0.0108. The van der Waals surface area contributed by atoms with Gasteiger partial charge < -0.3 is 15.3 Å². The molecule has 5 heteroatoms. The van der Waals surface area contributed by atoms with Crippen LogP contribution in [-0.4, -0.2) is 35.5 Å². The molecule has 21 heavy (non-hydrogen) atoms. The second kappa shape index (κ2) is 7.48. The fraction of sp³-hybridized carbons (Fsp3) is 0.438. The fourth-order valence-corrected chi connectivity index (χ4v) is 2.71. The molecule has 1 fully saturated rings. The van der Waals surface area contributed by atoms with Gasteiger partial charge in [0.05, 0.1) is 5.69 Å². The Balaban J connectivity index is 1.87. The summed E-state index contributed by atoms with van der Waals surface area (Å²) in [4.78, 5) is 14.6. The zero-order valence-corrected chi connectivity index (χ0v) is 12.8. The first-order valence-electron chi connectivity index (χ1n) is 7.23. The maximum Gasteiger partial charge on any atom is 0.227 e. The van der Waals surface area contributed by atoms with E-state index in [0.29, 0.717) is 10.7 Å². The van der Waals surface area contributed by atoms with E-state index < -0.39 is 0 Å². The molecule has 0 unspecified atom stereocenters. The van der Waals surface area contributed by atoms with E-state index in [4.69, 9.17) is 11.6 Å². The summed E-state index contributed by atoms with van der Waals surface area (Å²) in [7, 11) is 0. The second-order valence-corrected chi connectivity index (χ2v) is 5.78. The maximum absolute atomic E-state index is 12.3. The summed E-state index contributed by atoms with van der Waals surface area (Å²) in [5.74, 6) is -0.0181. The van der Waals surface area contributed by atoms with Gasteiger partial charge in [-0.3, -0.25) is 4.79 Å². The van der Waals surface area contributed by atoms with Crippen LogP contribution in [0.15, 0.2) is 30.9 Å². The predicted molar refractivity (Wildman–Crippen MR) is 85.7 cm³/mol. The molecule has 1 saturated heterocycles. The molecule has 1 amide bonds.